The molecule has 1 aliphatic rings. The van der Waals surface area contributed by atoms with Gasteiger partial charge in [-0.1, -0.05) is 25.1 Å². The van der Waals surface area contributed by atoms with Crippen molar-refractivity contribution in [3.8, 4) is 0 Å². The molecule has 6 heteroatoms. The second kappa shape index (κ2) is 6.62. The summed E-state index contributed by atoms with van der Waals surface area (Å²) in [6.45, 7) is 5.43. The maximum absolute atomic E-state index is 12.2. The third-order valence-corrected chi connectivity index (χ3v) is 4.94. The first-order chi connectivity index (χ1) is 10.6. The zero-order valence-corrected chi connectivity index (χ0v) is 13.7. The number of hydrogen-bond donors (Lipinski definition) is 1. The molecule has 1 N–H and O–H groups in total. The van der Waals surface area contributed by atoms with Gasteiger partial charge in [-0.15, -0.1) is 11.3 Å². The summed E-state index contributed by atoms with van der Waals surface area (Å²) in [6.07, 6.45) is 2.25. The van der Waals surface area contributed by atoms with Gasteiger partial charge >= 0.3 is 0 Å². The van der Waals surface area contributed by atoms with Crippen LogP contribution in [0.15, 0.2) is 28.1 Å². The molecular formula is C16H21N3O2S. The lowest BCUT2D eigenvalue weighted by Crippen LogP contribution is -2.32. The predicted molar refractivity (Wildman–Crippen MR) is 87.1 cm³/mol. The molecule has 1 amide bonds. The van der Waals surface area contributed by atoms with Crippen molar-refractivity contribution < 1.29 is 9.32 Å². The number of amides is 1. The van der Waals surface area contributed by atoms with E-state index < -0.39 is 0 Å². The topological polar surface area (TPSA) is 58.4 Å². The molecule has 1 fully saturated rings. The van der Waals surface area contributed by atoms with Crippen LogP contribution in [0.4, 0.5) is 5.88 Å². The fourth-order valence-electron chi connectivity index (χ4n) is 2.80. The lowest BCUT2D eigenvalue weighted by atomic mass is 10.1. The Morgan fingerprint density at radius 2 is 2.45 bits per heavy atom. The number of rotatable bonds is 5. The molecule has 3 rings (SSSR count). The number of nitrogens with zero attached hydrogens (tertiary/aromatic N) is 2. The SMILES string of the molecule is CC(C)c1cc(NC(=O)CN2CCC[C@H]2c2cccs2)on1. The number of anilines is 1. The van der Waals surface area contributed by atoms with Crippen LogP contribution in [0.25, 0.3) is 0 Å². The molecule has 1 atom stereocenters. The van der Waals surface area contributed by atoms with Gasteiger partial charge in [0.2, 0.25) is 11.8 Å². The summed E-state index contributed by atoms with van der Waals surface area (Å²) in [5, 5.41) is 8.85. The minimum Gasteiger partial charge on any atom is -0.338 e. The zero-order chi connectivity index (χ0) is 15.5. The molecular weight excluding hydrogens is 298 g/mol. The van der Waals surface area contributed by atoms with E-state index in [2.05, 4.69) is 32.9 Å². The lowest BCUT2D eigenvalue weighted by Gasteiger charge is -2.22. The van der Waals surface area contributed by atoms with Crippen LogP contribution in [0.2, 0.25) is 0 Å². The molecule has 0 unspecified atom stereocenters. The van der Waals surface area contributed by atoms with E-state index in [1.54, 1.807) is 17.4 Å². The lowest BCUT2D eigenvalue weighted by molar-refractivity contribution is -0.117. The van der Waals surface area contributed by atoms with Gasteiger partial charge < -0.3 is 4.52 Å². The summed E-state index contributed by atoms with van der Waals surface area (Å²) >= 11 is 1.76. The first kappa shape index (κ1) is 15.2. The second-order valence-electron chi connectivity index (χ2n) is 5.96. The normalized spacial score (nSPS) is 19.0. The molecule has 3 heterocycles. The molecule has 0 saturated carbocycles. The fourth-order valence-corrected chi connectivity index (χ4v) is 3.70. The van der Waals surface area contributed by atoms with Gasteiger partial charge in [0.1, 0.15) is 0 Å². The Labute approximate surface area is 134 Å². The fraction of sp³-hybridized carbons (Fsp3) is 0.500. The third-order valence-electron chi connectivity index (χ3n) is 3.96. The highest BCUT2D eigenvalue weighted by Crippen LogP contribution is 2.34. The maximum Gasteiger partial charge on any atom is 0.240 e. The van der Waals surface area contributed by atoms with Crippen LogP contribution in [-0.4, -0.2) is 29.1 Å². The quantitative estimate of drug-likeness (QED) is 0.914. The average molecular weight is 319 g/mol. The number of carbonyl (C=O) groups is 1. The highest BCUT2D eigenvalue weighted by atomic mass is 32.1. The molecule has 1 saturated heterocycles. The highest BCUT2D eigenvalue weighted by molar-refractivity contribution is 7.10. The number of hydrogen-bond acceptors (Lipinski definition) is 5. The van der Waals surface area contributed by atoms with Crippen molar-refractivity contribution in [1.29, 1.82) is 0 Å². The smallest absolute Gasteiger partial charge is 0.240 e. The van der Waals surface area contributed by atoms with E-state index in [0.29, 0.717) is 18.5 Å². The Kier molecular flexibility index (Phi) is 4.59. The van der Waals surface area contributed by atoms with Crippen molar-refractivity contribution in [3.05, 3.63) is 34.2 Å². The van der Waals surface area contributed by atoms with Crippen LogP contribution in [-0.2, 0) is 4.79 Å². The summed E-state index contributed by atoms with van der Waals surface area (Å²) in [5.74, 6) is 0.673. The summed E-state index contributed by atoms with van der Waals surface area (Å²) in [7, 11) is 0. The number of carbonyl (C=O) groups excluding carboxylic acids is 1. The molecule has 5 nitrogen and oxygen atoms in total. The van der Waals surface area contributed by atoms with E-state index in [1.807, 2.05) is 13.8 Å². The van der Waals surface area contributed by atoms with E-state index >= 15 is 0 Å². The monoisotopic (exact) mass is 319 g/mol. The van der Waals surface area contributed by atoms with Crippen molar-refractivity contribution in [3.63, 3.8) is 0 Å². The van der Waals surface area contributed by atoms with Gasteiger partial charge in [-0.25, -0.2) is 0 Å². The Bertz CT molecular complexity index is 621. The van der Waals surface area contributed by atoms with E-state index in [-0.39, 0.29) is 11.8 Å². The van der Waals surface area contributed by atoms with Gasteiger partial charge in [0.25, 0.3) is 0 Å². The average Bonchev–Trinajstić information content (AvgIpc) is 3.18. The number of likely N-dealkylation sites (tertiary alicyclic amines) is 1. The molecule has 1 aliphatic heterocycles. The van der Waals surface area contributed by atoms with Crippen LogP contribution in [0.1, 0.15) is 49.2 Å². The van der Waals surface area contributed by atoms with Gasteiger partial charge in [0.15, 0.2) is 0 Å². The summed E-state index contributed by atoms with van der Waals surface area (Å²) in [6, 6.07) is 6.38. The molecule has 22 heavy (non-hydrogen) atoms. The highest BCUT2D eigenvalue weighted by Gasteiger charge is 2.28. The van der Waals surface area contributed by atoms with E-state index in [0.717, 1.165) is 25.1 Å². The Morgan fingerprint density at radius 3 is 3.14 bits per heavy atom. The van der Waals surface area contributed by atoms with Gasteiger partial charge in [0.05, 0.1) is 12.2 Å². The predicted octanol–water partition coefficient (Wildman–Crippen LogP) is 3.64. The molecule has 118 valence electrons. The number of thiophene rings is 1. The van der Waals surface area contributed by atoms with Crippen LogP contribution in [0, 0.1) is 0 Å². The Morgan fingerprint density at radius 1 is 1.59 bits per heavy atom. The van der Waals surface area contributed by atoms with Crippen molar-refractivity contribution in [2.75, 3.05) is 18.4 Å². The second-order valence-corrected chi connectivity index (χ2v) is 6.94. The molecule has 0 bridgehead atoms. The number of nitrogens with one attached hydrogen (secondary N) is 1. The minimum absolute atomic E-state index is 0.0464. The standard InChI is InChI=1S/C16H21N3O2S/c1-11(2)12-9-16(21-18-12)17-15(20)10-19-7-3-5-13(19)14-6-4-8-22-14/h4,6,8-9,11,13H,3,5,7,10H2,1-2H3,(H,17,20)/t13-/m0/s1. The summed E-state index contributed by atoms with van der Waals surface area (Å²) in [4.78, 5) is 15.8. The van der Waals surface area contributed by atoms with Crippen LogP contribution < -0.4 is 5.32 Å². The molecule has 0 aromatic carbocycles. The Balaban J connectivity index is 1.59. The van der Waals surface area contributed by atoms with Gasteiger partial charge in [-0.2, -0.15) is 0 Å². The molecule has 0 radical (unpaired) electrons. The van der Waals surface area contributed by atoms with Crippen molar-refractivity contribution in [2.24, 2.45) is 0 Å². The molecule has 2 aromatic rings. The van der Waals surface area contributed by atoms with Crippen LogP contribution in [0.3, 0.4) is 0 Å². The van der Waals surface area contributed by atoms with Gasteiger partial charge in [-0.05, 0) is 36.8 Å². The van der Waals surface area contributed by atoms with E-state index in [9.17, 15) is 4.79 Å². The van der Waals surface area contributed by atoms with Crippen molar-refractivity contribution >= 4 is 23.1 Å². The molecule has 0 aliphatic carbocycles. The largest absolute Gasteiger partial charge is 0.338 e. The Hall–Kier alpha value is -1.66. The minimum atomic E-state index is -0.0464. The van der Waals surface area contributed by atoms with Crippen LogP contribution in [0.5, 0.6) is 0 Å². The third kappa shape index (κ3) is 3.39. The zero-order valence-electron chi connectivity index (χ0n) is 12.9. The maximum atomic E-state index is 12.2. The van der Waals surface area contributed by atoms with E-state index in [1.165, 1.54) is 4.88 Å². The van der Waals surface area contributed by atoms with Crippen molar-refractivity contribution in [2.45, 2.75) is 38.6 Å². The molecule has 2 aromatic heterocycles. The first-order valence-corrected chi connectivity index (χ1v) is 8.55. The summed E-state index contributed by atoms with van der Waals surface area (Å²) < 4.78 is 5.16. The van der Waals surface area contributed by atoms with Crippen LogP contribution >= 0.6 is 11.3 Å². The van der Waals surface area contributed by atoms with Gasteiger partial charge in [-0.3, -0.25) is 15.0 Å². The number of aromatic nitrogens is 1. The molecule has 0 spiro atoms. The van der Waals surface area contributed by atoms with E-state index in [4.69, 9.17) is 4.52 Å². The van der Waals surface area contributed by atoms with Crippen molar-refractivity contribution in [1.82, 2.24) is 10.1 Å². The first-order valence-electron chi connectivity index (χ1n) is 7.67. The summed E-state index contributed by atoms with van der Waals surface area (Å²) in [5.41, 5.74) is 0.855. The van der Waals surface area contributed by atoms with Gasteiger partial charge in [0, 0.05) is 17.0 Å².